The Kier molecular flexibility index (Phi) is 5.83. The summed E-state index contributed by atoms with van der Waals surface area (Å²) in [7, 11) is 0. The number of aryl methyl sites for hydroxylation is 2. The summed E-state index contributed by atoms with van der Waals surface area (Å²) in [6, 6.07) is 23.3. The van der Waals surface area contributed by atoms with Crippen molar-refractivity contribution in [2.24, 2.45) is 0 Å². The monoisotopic (exact) mass is 475 g/mol. The van der Waals surface area contributed by atoms with Crippen LogP contribution in [0.15, 0.2) is 78.0 Å². The van der Waals surface area contributed by atoms with Gasteiger partial charge in [0.25, 0.3) is 0 Å². The van der Waals surface area contributed by atoms with Gasteiger partial charge in [-0.15, -0.1) is 10.2 Å². The molecule has 3 aromatic carbocycles. The van der Waals surface area contributed by atoms with E-state index in [4.69, 9.17) is 11.6 Å². The molecular weight excluding hydrogens is 454 g/mol. The average Bonchev–Trinajstić information content (AvgIpc) is 3.25. The Morgan fingerprint density at radius 3 is 2.55 bits per heavy atom. The van der Waals surface area contributed by atoms with Crippen LogP contribution in [0.2, 0.25) is 5.02 Å². The van der Waals surface area contributed by atoms with Crippen LogP contribution in [0.3, 0.4) is 0 Å². The van der Waals surface area contributed by atoms with Gasteiger partial charge in [0.2, 0.25) is 11.1 Å². The van der Waals surface area contributed by atoms with Crippen molar-refractivity contribution in [2.45, 2.75) is 30.3 Å². The van der Waals surface area contributed by atoms with Gasteiger partial charge in [-0.1, -0.05) is 89.6 Å². The van der Waals surface area contributed by atoms with Gasteiger partial charge in [0.1, 0.15) is 5.25 Å². The molecule has 2 heterocycles. The highest BCUT2D eigenvalue weighted by molar-refractivity contribution is 8.00. The number of benzene rings is 3. The number of hydrogen-bond acceptors (Lipinski definition) is 5. The maximum absolute atomic E-state index is 13.5. The third-order valence-electron chi connectivity index (χ3n) is 5.62. The van der Waals surface area contributed by atoms with Crippen LogP contribution in [0.4, 0.5) is 5.69 Å². The first-order valence-corrected chi connectivity index (χ1v) is 11.8. The Hall–Kier alpha value is -3.29. The van der Waals surface area contributed by atoms with E-state index in [-0.39, 0.29) is 11.9 Å². The summed E-state index contributed by atoms with van der Waals surface area (Å²) >= 11 is 7.56. The number of nitrogens with one attached hydrogen (secondary N) is 2. The summed E-state index contributed by atoms with van der Waals surface area (Å²) in [5.41, 5.74) is 8.27. The summed E-state index contributed by atoms with van der Waals surface area (Å²) in [6.45, 7) is 3.99. The van der Waals surface area contributed by atoms with Gasteiger partial charge in [-0.25, -0.2) is 4.68 Å². The van der Waals surface area contributed by atoms with E-state index < -0.39 is 5.25 Å². The van der Waals surface area contributed by atoms with Crippen molar-refractivity contribution >= 4 is 35.0 Å². The van der Waals surface area contributed by atoms with Crippen molar-refractivity contribution < 1.29 is 4.79 Å². The topological polar surface area (TPSA) is 71.8 Å². The molecule has 1 amide bonds. The minimum Gasteiger partial charge on any atom is -0.325 e. The zero-order valence-electron chi connectivity index (χ0n) is 18.1. The van der Waals surface area contributed by atoms with E-state index in [1.54, 1.807) is 6.07 Å². The molecule has 5 rings (SSSR count). The smallest absolute Gasteiger partial charge is 0.240 e. The van der Waals surface area contributed by atoms with Gasteiger partial charge in [-0.2, -0.15) is 0 Å². The highest BCUT2D eigenvalue weighted by Crippen LogP contribution is 2.39. The van der Waals surface area contributed by atoms with E-state index in [2.05, 4.69) is 45.2 Å². The Labute approximate surface area is 201 Å². The molecule has 0 bridgehead atoms. The highest BCUT2D eigenvalue weighted by atomic mass is 35.5. The van der Waals surface area contributed by atoms with E-state index in [0.717, 1.165) is 22.3 Å². The fraction of sp³-hybridized carbons (Fsp3) is 0.160. The van der Waals surface area contributed by atoms with Crippen molar-refractivity contribution in [1.82, 2.24) is 14.9 Å². The third-order valence-corrected chi connectivity index (χ3v) is 7.07. The molecule has 33 heavy (non-hydrogen) atoms. The number of nitrogens with zero attached hydrogens (tertiary/aromatic N) is 3. The number of carbonyl (C=O) groups is 1. The van der Waals surface area contributed by atoms with Crippen LogP contribution in [0.5, 0.6) is 0 Å². The van der Waals surface area contributed by atoms with Crippen LogP contribution >= 0.6 is 23.4 Å². The van der Waals surface area contributed by atoms with E-state index in [9.17, 15) is 4.79 Å². The third kappa shape index (κ3) is 4.34. The molecule has 0 saturated carbocycles. The first kappa shape index (κ1) is 21.6. The second-order valence-electron chi connectivity index (χ2n) is 8.01. The van der Waals surface area contributed by atoms with Crippen LogP contribution in [-0.2, 0) is 4.79 Å². The number of anilines is 1. The minimum atomic E-state index is -0.466. The number of halogens is 1. The minimum absolute atomic E-state index is 0.126. The van der Waals surface area contributed by atoms with E-state index in [0.29, 0.717) is 21.7 Å². The average molecular weight is 476 g/mol. The predicted octanol–water partition coefficient (Wildman–Crippen LogP) is 5.61. The second-order valence-corrected chi connectivity index (χ2v) is 9.56. The first-order chi connectivity index (χ1) is 16.0. The van der Waals surface area contributed by atoms with E-state index in [1.807, 2.05) is 61.0 Å². The first-order valence-electron chi connectivity index (χ1n) is 10.6. The van der Waals surface area contributed by atoms with Crippen LogP contribution in [0.25, 0.3) is 11.4 Å². The van der Waals surface area contributed by atoms with Crippen molar-refractivity contribution in [3.63, 3.8) is 0 Å². The molecule has 0 radical (unpaired) electrons. The molecule has 0 unspecified atom stereocenters. The number of carbonyl (C=O) groups excluding carboxylic acids is 1. The summed E-state index contributed by atoms with van der Waals surface area (Å²) in [5.74, 6) is 0.582. The van der Waals surface area contributed by atoms with Gasteiger partial charge in [0.15, 0.2) is 5.82 Å². The van der Waals surface area contributed by atoms with Crippen molar-refractivity contribution in [1.29, 1.82) is 0 Å². The molecule has 1 aromatic heterocycles. The molecule has 2 N–H and O–H groups in total. The van der Waals surface area contributed by atoms with Gasteiger partial charge in [0.05, 0.1) is 6.04 Å². The van der Waals surface area contributed by atoms with Crippen molar-refractivity contribution in [2.75, 3.05) is 10.7 Å². The molecule has 1 aliphatic rings. The second kappa shape index (κ2) is 8.92. The van der Waals surface area contributed by atoms with Crippen LogP contribution in [-0.4, -0.2) is 26.0 Å². The summed E-state index contributed by atoms with van der Waals surface area (Å²) < 4.78 is 1.87. The van der Waals surface area contributed by atoms with Crippen LogP contribution < -0.4 is 10.7 Å². The predicted molar refractivity (Wildman–Crippen MR) is 133 cm³/mol. The quantitative estimate of drug-likeness (QED) is 0.401. The number of amides is 1. The lowest BCUT2D eigenvalue weighted by molar-refractivity contribution is -0.116. The molecule has 6 nitrogen and oxygen atoms in total. The number of fused-ring (bicyclic) bond motifs is 1. The number of rotatable bonds is 4. The zero-order chi connectivity index (χ0) is 22.9. The standard InChI is InChI=1S/C25H22ClN5OS/c1-15-8-11-17(12-9-15)21-22(24(32)27-20-14-19(26)13-10-16(20)2)33-25-29-28-23(31(25)30-21)18-6-4-3-5-7-18/h3-14,21-22,30H,1-2H3,(H,27,32)/t21-,22+/m1/s1. The molecule has 2 atom stereocenters. The lowest BCUT2D eigenvalue weighted by Gasteiger charge is -2.33. The summed E-state index contributed by atoms with van der Waals surface area (Å²) in [6.07, 6.45) is 0. The van der Waals surface area contributed by atoms with Gasteiger partial charge in [-0.3, -0.25) is 4.79 Å². The molecule has 0 spiro atoms. The van der Waals surface area contributed by atoms with Crippen LogP contribution in [0, 0.1) is 13.8 Å². The maximum atomic E-state index is 13.5. The lowest BCUT2D eigenvalue weighted by Crippen LogP contribution is -2.41. The van der Waals surface area contributed by atoms with Crippen molar-refractivity contribution in [3.05, 3.63) is 94.5 Å². The zero-order valence-corrected chi connectivity index (χ0v) is 19.7. The Bertz CT molecular complexity index is 1310. The molecule has 0 aliphatic carbocycles. The number of thioether (sulfide) groups is 1. The SMILES string of the molecule is Cc1ccc([C@H]2Nn3c(nnc3-c3ccccc3)S[C@@H]2C(=O)Nc2cc(Cl)ccc2C)cc1. The lowest BCUT2D eigenvalue weighted by atomic mass is 10.0. The number of aromatic nitrogens is 3. The normalized spacial score (nSPS) is 17.2. The fourth-order valence-electron chi connectivity index (χ4n) is 3.79. The summed E-state index contributed by atoms with van der Waals surface area (Å²) in [4.78, 5) is 13.5. The molecule has 166 valence electrons. The Balaban J connectivity index is 1.52. The molecule has 0 saturated heterocycles. The van der Waals surface area contributed by atoms with Gasteiger partial charge >= 0.3 is 0 Å². The maximum Gasteiger partial charge on any atom is 0.240 e. The highest BCUT2D eigenvalue weighted by Gasteiger charge is 2.38. The van der Waals surface area contributed by atoms with E-state index >= 15 is 0 Å². The molecule has 1 aliphatic heterocycles. The number of hydrogen-bond donors (Lipinski definition) is 2. The molecule has 8 heteroatoms. The fourth-order valence-corrected chi connectivity index (χ4v) is 5.04. The van der Waals surface area contributed by atoms with E-state index in [1.165, 1.54) is 11.8 Å². The van der Waals surface area contributed by atoms with Crippen molar-refractivity contribution in [3.8, 4) is 11.4 Å². The molecule has 0 fully saturated rings. The van der Waals surface area contributed by atoms with Gasteiger partial charge < -0.3 is 10.7 Å². The Morgan fingerprint density at radius 1 is 1.03 bits per heavy atom. The van der Waals surface area contributed by atoms with Crippen LogP contribution in [0.1, 0.15) is 22.7 Å². The largest absolute Gasteiger partial charge is 0.325 e. The molecular formula is C25H22ClN5OS. The summed E-state index contributed by atoms with van der Waals surface area (Å²) in [5, 5.41) is 12.6. The Morgan fingerprint density at radius 2 is 1.79 bits per heavy atom. The van der Waals surface area contributed by atoms with Gasteiger partial charge in [-0.05, 0) is 37.1 Å². The molecule has 4 aromatic rings. The van der Waals surface area contributed by atoms with Gasteiger partial charge in [0, 0.05) is 16.3 Å².